The number of piperidine rings is 1. The number of ether oxygens (including phenoxy) is 1. The first kappa shape index (κ1) is 27.8. The van der Waals surface area contributed by atoms with Crippen molar-refractivity contribution in [2.24, 2.45) is 11.8 Å². The summed E-state index contributed by atoms with van der Waals surface area (Å²) in [7, 11) is 1.57. The van der Waals surface area contributed by atoms with Gasteiger partial charge in [-0.1, -0.05) is 23.4 Å². The lowest BCUT2D eigenvalue weighted by molar-refractivity contribution is -0.139. The fraction of sp³-hybridized carbons (Fsp3) is 0.379. The Labute approximate surface area is 225 Å². The zero-order chi connectivity index (χ0) is 27.2. The van der Waals surface area contributed by atoms with Crippen molar-refractivity contribution >= 4 is 28.5 Å². The second kappa shape index (κ2) is 12.5. The number of benzene rings is 2. The number of carbonyl (C=O) groups is 1. The van der Waals surface area contributed by atoms with Gasteiger partial charge in [0.2, 0.25) is 0 Å². The van der Waals surface area contributed by atoms with Crippen LogP contribution in [0.4, 0.5) is 8.78 Å². The fourth-order valence-electron chi connectivity index (χ4n) is 5.16. The van der Waals surface area contributed by atoms with Crippen LogP contribution in [0.5, 0.6) is 5.75 Å². The van der Waals surface area contributed by atoms with Crippen LogP contribution in [0.3, 0.4) is 0 Å². The minimum absolute atomic E-state index is 0.00986. The molecule has 3 unspecified atom stereocenters. The smallest absolute Gasteiger partial charge is 0.303 e. The van der Waals surface area contributed by atoms with Crippen molar-refractivity contribution < 1.29 is 28.5 Å². The number of aliphatic hydroxyl groups is 1. The van der Waals surface area contributed by atoms with Crippen molar-refractivity contribution in [2.75, 3.05) is 26.7 Å². The van der Waals surface area contributed by atoms with Gasteiger partial charge in [0.05, 0.1) is 30.3 Å². The van der Waals surface area contributed by atoms with Crippen molar-refractivity contribution in [3.63, 3.8) is 0 Å². The topological polar surface area (TPSA) is 82.9 Å². The van der Waals surface area contributed by atoms with Crippen molar-refractivity contribution in [1.82, 2.24) is 9.88 Å². The third-order valence-electron chi connectivity index (χ3n) is 7.02. The Balaban J connectivity index is 1.42. The summed E-state index contributed by atoms with van der Waals surface area (Å²) in [5.41, 5.74) is 1.55. The monoisotopic (exact) mass is 542 g/mol. The lowest BCUT2D eigenvalue weighted by atomic mass is 9.79. The molecule has 0 spiro atoms. The molecule has 0 aliphatic carbocycles. The predicted molar refractivity (Wildman–Crippen MR) is 141 cm³/mol. The van der Waals surface area contributed by atoms with E-state index in [-0.39, 0.29) is 23.8 Å². The maximum Gasteiger partial charge on any atom is 0.303 e. The number of nitrogens with zero attached hydrogens (tertiary/aromatic N) is 2. The second-order valence-electron chi connectivity index (χ2n) is 9.60. The summed E-state index contributed by atoms with van der Waals surface area (Å²) in [6.07, 6.45) is 2.49. The van der Waals surface area contributed by atoms with Gasteiger partial charge in [-0.2, -0.15) is 0 Å². The molecule has 9 heteroatoms. The number of aromatic nitrogens is 1. The first-order valence-electron chi connectivity index (χ1n) is 12.4. The molecule has 3 aromatic rings. The lowest BCUT2D eigenvalue weighted by Gasteiger charge is -2.37. The number of rotatable bonds is 8. The molecule has 0 radical (unpaired) electrons. The fourth-order valence-corrected chi connectivity index (χ4v) is 5.44. The summed E-state index contributed by atoms with van der Waals surface area (Å²) in [6, 6.07) is 8.56. The Hall–Kier alpha value is -3.25. The Morgan fingerprint density at radius 2 is 2.00 bits per heavy atom. The summed E-state index contributed by atoms with van der Waals surface area (Å²) < 4.78 is 32.1. The molecule has 38 heavy (non-hydrogen) atoms. The maximum absolute atomic E-state index is 13.4. The molecular weight excluding hydrogens is 514 g/mol. The number of halogens is 3. The van der Waals surface area contributed by atoms with E-state index in [1.54, 1.807) is 19.2 Å². The van der Waals surface area contributed by atoms with Crippen LogP contribution in [0.2, 0.25) is 5.02 Å². The SMILES string of the molecule is COc1ccc2ncc(Cl)c(C(O)CCC3CCN(CC#Cc4cc(F)cc(F)c4)CC3CC(=O)O)c2c1. The molecule has 1 aliphatic heterocycles. The van der Waals surface area contributed by atoms with E-state index in [4.69, 9.17) is 16.3 Å². The van der Waals surface area contributed by atoms with Gasteiger partial charge in [-0.3, -0.25) is 14.7 Å². The van der Waals surface area contributed by atoms with Crippen molar-refractivity contribution in [3.05, 3.63) is 70.4 Å². The van der Waals surface area contributed by atoms with Crippen molar-refractivity contribution in [3.8, 4) is 17.6 Å². The van der Waals surface area contributed by atoms with Crippen LogP contribution < -0.4 is 4.74 Å². The molecule has 2 aromatic carbocycles. The highest BCUT2D eigenvalue weighted by Gasteiger charge is 2.31. The highest BCUT2D eigenvalue weighted by atomic mass is 35.5. The number of hydrogen-bond acceptors (Lipinski definition) is 5. The third kappa shape index (κ3) is 6.98. The van der Waals surface area contributed by atoms with E-state index in [1.165, 1.54) is 18.3 Å². The minimum atomic E-state index is -0.876. The number of methoxy groups -OCH3 is 1. The van der Waals surface area contributed by atoms with Crippen LogP contribution in [-0.2, 0) is 4.79 Å². The first-order chi connectivity index (χ1) is 18.2. The molecule has 1 saturated heterocycles. The number of aliphatic carboxylic acids is 1. The zero-order valence-electron chi connectivity index (χ0n) is 21.0. The molecule has 200 valence electrons. The first-order valence-corrected chi connectivity index (χ1v) is 12.8. The Morgan fingerprint density at radius 3 is 2.71 bits per heavy atom. The average molecular weight is 543 g/mol. The lowest BCUT2D eigenvalue weighted by Crippen LogP contribution is -2.41. The van der Waals surface area contributed by atoms with Gasteiger partial charge in [0.1, 0.15) is 17.4 Å². The van der Waals surface area contributed by atoms with E-state index in [0.717, 1.165) is 17.9 Å². The van der Waals surface area contributed by atoms with Gasteiger partial charge in [0, 0.05) is 41.7 Å². The van der Waals surface area contributed by atoms with Gasteiger partial charge in [0.25, 0.3) is 0 Å². The van der Waals surface area contributed by atoms with Crippen molar-refractivity contribution in [1.29, 1.82) is 0 Å². The molecule has 3 atom stereocenters. The molecule has 1 aromatic heterocycles. The number of aliphatic hydroxyl groups excluding tert-OH is 1. The summed E-state index contributed by atoms with van der Waals surface area (Å²) in [4.78, 5) is 18.0. The van der Waals surface area contributed by atoms with E-state index < -0.39 is 23.7 Å². The number of carboxylic acids is 1. The normalized spacial score (nSPS) is 18.6. The molecular formula is C29H29ClF2N2O4. The van der Waals surface area contributed by atoms with E-state index in [9.17, 15) is 23.8 Å². The van der Waals surface area contributed by atoms with Crippen LogP contribution in [0, 0.1) is 35.3 Å². The third-order valence-corrected chi connectivity index (χ3v) is 7.32. The van der Waals surface area contributed by atoms with Gasteiger partial charge in [-0.15, -0.1) is 0 Å². The van der Waals surface area contributed by atoms with Gasteiger partial charge >= 0.3 is 5.97 Å². The molecule has 1 aliphatic rings. The summed E-state index contributed by atoms with van der Waals surface area (Å²) in [5.74, 6) is 4.10. The number of likely N-dealkylation sites (tertiary alicyclic amines) is 1. The zero-order valence-corrected chi connectivity index (χ0v) is 21.7. The van der Waals surface area contributed by atoms with Gasteiger partial charge < -0.3 is 14.9 Å². The Bertz CT molecular complexity index is 1350. The van der Waals surface area contributed by atoms with Crippen LogP contribution in [-0.4, -0.2) is 52.8 Å². The highest BCUT2D eigenvalue weighted by molar-refractivity contribution is 6.32. The van der Waals surface area contributed by atoms with E-state index in [0.29, 0.717) is 54.3 Å². The quantitative estimate of drug-likeness (QED) is 0.368. The Morgan fingerprint density at radius 1 is 1.24 bits per heavy atom. The minimum Gasteiger partial charge on any atom is -0.497 e. The second-order valence-corrected chi connectivity index (χ2v) is 10.0. The van der Waals surface area contributed by atoms with Crippen LogP contribution >= 0.6 is 11.6 Å². The van der Waals surface area contributed by atoms with Crippen LogP contribution in [0.1, 0.15) is 42.9 Å². The number of hydrogen-bond donors (Lipinski definition) is 2. The summed E-state index contributed by atoms with van der Waals surface area (Å²) in [6.45, 7) is 1.61. The predicted octanol–water partition coefficient (Wildman–Crippen LogP) is 5.45. The van der Waals surface area contributed by atoms with Gasteiger partial charge in [-0.25, -0.2) is 8.78 Å². The van der Waals surface area contributed by atoms with Gasteiger partial charge in [0.15, 0.2) is 0 Å². The average Bonchev–Trinajstić information content (AvgIpc) is 2.86. The molecule has 0 amide bonds. The maximum atomic E-state index is 13.4. The molecule has 2 heterocycles. The molecule has 0 bridgehead atoms. The van der Waals surface area contributed by atoms with E-state index >= 15 is 0 Å². The van der Waals surface area contributed by atoms with Crippen LogP contribution in [0.15, 0.2) is 42.6 Å². The summed E-state index contributed by atoms with van der Waals surface area (Å²) in [5, 5.41) is 21.7. The molecule has 1 fully saturated rings. The highest BCUT2D eigenvalue weighted by Crippen LogP contribution is 2.37. The molecule has 4 rings (SSSR count). The van der Waals surface area contributed by atoms with Crippen molar-refractivity contribution in [2.45, 2.75) is 31.8 Å². The number of carboxylic acid groups (broad SMARTS) is 1. The number of fused-ring (bicyclic) bond motifs is 1. The summed E-state index contributed by atoms with van der Waals surface area (Å²) >= 11 is 6.44. The Kier molecular flexibility index (Phi) is 9.16. The van der Waals surface area contributed by atoms with E-state index in [2.05, 4.69) is 21.7 Å². The molecule has 2 N–H and O–H groups in total. The van der Waals surface area contributed by atoms with E-state index in [1.807, 2.05) is 6.07 Å². The number of pyridine rings is 1. The molecule has 0 saturated carbocycles. The standard InChI is InChI=1S/C29H29ClF2N2O4/c1-38-23-5-6-26-24(15-23)29(25(30)16-33-26)27(35)7-4-19-8-10-34(17-20(19)13-28(36)37)9-2-3-18-11-21(31)14-22(32)12-18/h5-6,11-12,14-16,19-20,27,35H,4,7-10,13,17H2,1H3,(H,36,37). The largest absolute Gasteiger partial charge is 0.497 e. The van der Waals surface area contributed by atoms with Gasteiger partial charge in [-0.05, 0) is 68.0 Å². The molecule has 6 nitrogen and oxygen atoms in total. The van der Waals surface area contributed by atoms with Crippen LogP contribution in [0.25, 0.3) is 10.9 Å².